The van der Waals surface area contributed by atoms with Crippen LogP contribution in [0, 0.1) is 0 Å². The molecular formula is C11H13NS2. The number of thiophene rings is 2. The molecule has 0 radical (unpaired) electrons. The highest BCUT2D eigenvalue weighted by Crippen LogP contribution is 2.31. The van der Waals surface area contributed by atoms with Gasteiger partial charge in [-0.2, -0.15) is 0 Å². The maximum absolute atomic E-state index is 5.76. The highest BCUT2D eigenvalue weighted by atomic mass is 32.1. The molecule has 2 rings (SSSR count). The SMILES string of the molecule is C[C@@H](N)Cc1ccc(-c2cccs2)s1. The van der Waals surface area contributed by atoms with Gasteiger partial charge < -0.3 is 5.73 Å². The van der Waals surface area contributed by atoms with Crippen LogP contribution in [0.4, 0.5) is 0 Å². The molecule has 0 fully saturated rings. The van der Waals surface area contributed by atoms with Crippen LogP contribution in [0.3, 0.4) is 0 Å². The molecule has 2 heterocycles. The molecule has 1 nitrogen and oxygen atoms in total. The van der Waals surface area contributed by atoms with E-state index >= 15 is 0 Å². The van der Waals surface area contributed by atoms with Crippen LogP contribution >= 0.6 is 22.7 Å². The van der Waals surface area contributed by atoms with Crippen molar-refractivity contribution >= 4 is 22.7 Å². The molecule has 0 aromatic carbocycles. The van der Waals surface area contributed by atoms with E-state index in [4.69, 9.17) is 5.73 Å². The van der Waals surface area contributed by atoms with E-state index in [0.29, 0.717) is 0 Å². The molecule has 2 aromatic rings. The Morgan fingerprint density at radius 3 is 2.79 bits per heavy atom. The molecule has 0 unspecified atom stereocenters. The van der Waals surface area contributed by atoms with Gasteiger partial charge in [0.1, 0.15) is 0 Å². The quantitative estimate of drug-likeness (QED) is 0.848. The lowest BCUT2D eigenvalue weighted by atomic mass is 10.2. The van der Waals surface area contributed by atoms with E-state index in [1.54, 1.807) is 11.3 Å². The number of hydrogen-bond donors (Lipinski definition) is 1. The first-order valence-corrected chi connectivity index (χ1v) is 6.33. The van der Waals surface area contributed by atoms with Crippen LogP contribution in [-0.2, 0) is 6.42 Å². The van der Waals surface area contributed by atoms with E-state index in [-0.39, 0.29) is 6.04 Å². The molecule has 0 amide bonds. The van der Waals surface area contributed by atoms with Crippen LogP contribution in [-0.4, -0.2) is 6.04 Å². The summed E-state index contributed by atoms with van der Waals surface area (Å²) < 4.78 is 0. The largest absolute Gasteiger partial charge is 0.328 e. The van der Waals surface area contributed by atoms with E-state index in [1.165, 1.54) is 14.6 Å². The third-order valence-corrected chi connectivity index (χ3v) is 4.12. The molecule has 0 spiro atoms. The van der Waals surface area contributed by atoms with Crippen molar-refractivity contribution in [1.82, 2.24) is 0 Å². The average molecular weight is 223 g/mol. The maximum atomic E-state index is 5.76. The van der Waals surface area contributed by atoms with Gasteiger partial charge in [-0.05, 0) is 36.9 Å². The first kappa shape index (κ1) is 9.90. The van der Waals surface area contributed by atoms with Crippen molar-refractivity contribution in [3.63, 3.8) is 0 Å². The third kappa shape index (κ3) is 2.23. The number of rotatable bonds is 3. The molecule has 0 aliphatic heterocycles. The van der Waals surface area contributed by atoms with Crippen LogP contribution in [0.25, 0.3) is 9.75 Å². The van der Waals surface area contributed by atoms with Crippen molar-refractivity contribution in [3.8, 4) is 9.75 Å². The van der Waals surface area contributed by atoms with Crippen LogP contribution < -0.4 is 5.73 Å². The first-order chi connectivity index (χ1) is 6.75. The summed E-state index contributed by atoms with van der Waals surface area (Å²) in [6, 6.07) is 8.87. The van der Waals surface area contributed by atoms with Gasteiger partial charge in [-0.25, -0.2) is 0 Å². The summed E-state index contributed by atoms with van der Waals surface area (Å²) in [6.07, 6.45) is 0.982. The Bertz CT molecular complexity index is 387. The Morgan fingerprint density at radius 2 is 2.14 bits per heavy atom. The van der Waals surface area contributed by atoms with E-state index in [0.717, 1.165) is 6.42 Å². The highest BCUT2D eigenvalue weighted by Gasteiger charge is 2.04. The first-order valence-electron chi connectivity index (χ1n) is 4.64. The second-order valence-electron chi connectivity index (χ2n) is 3.42. The molecule has 2 N–H and O–H groups in total. The van der Waals surface area contributed by atoms with Crippen molar-refractivity contribution in [2.24, 2.45) is 5.73 Å². The van der Waals surface area contributed by atoms with Gasteiger partial charge in [-0.15, -0.1) is 22.7 Å². The van der Waals surface area contributed by atoms with Gasteiger partial charge in [-0.1, -0.05) is 6.07 Å². The fraction of sp³-hybridized carbons (Fsp3) is 0.273. The lowest BCUT2D eigenvalue weighted by Gasteiger charge is -1.99. The second kappa shape index (κ2) is 4.26. The Morgan fingerprint density at radius 1 is 1.29 bits per heavy atom. The predicted octanol–water partition coefficient (Wildman–Crippen LogP) is 3.37. The zero-order valence-corrected chi connectivity index (χ0v) is 9.70. The van der Waals surface area contributed by atoms with Crippen molar-refractivity contribution in [2.45, 2.75) is 19.4 Å². The molecule has 0 saturated heterocycles. The monoisotopic (exact) mass is 223 g/mol. The fourth-order valence-electron chi connectivity index (χ4n) is 1.36. The summed E-state index contributed by atoms with van der Waals surface area (Å²) in [6.45, 7) is 2.05. The molecule has 2 aromatic heterocycles. The molecule has 0 bridgehead atoms. The van der Waals surface area contributed by atoms with Crippen molar-refractivity contribution in [1.29, 1.82) is 0 Å². The van der Waals surface area contributed by atoms with Gasteiger partial charge >= 0.3 is 0 Å². The Labute approximate surface area is 92.2 Å². The normalized spacial score (nSPS) is 13.0. The Balaban J connectivity index is 2.18. The molecule has 3 heteroatoms. The Kier molecular flexibility index (Phi) is 3.01. The van der Waals surface area contributed by atoms with Gasteiger partial charge in [0.05, 0.1) is 0 Å². The fourth-order valence-corrected chi connectivity index (χ4v) is 3.34. The van der Waals surface area contributed by atoms with Crippen LogP contribution in [0.15, 0.2) is 29.6 Å². The molecule has 1 atom stereocenters. The summed E-state index contributed by atoms with van der Waals surface area (Å²) in [5, 5.41) is 2.11. The minimum absolute atomic E-state index is 0.254. The summed E-state index contributed by atoms with van der Waals surface area (Å²) in [4.78, 5) is 4.09. The number of nitrogens with two attached hydrogens (primary N) is 1. The van der Waals surface area contributed by atoms with Gasteiger partial charge in [0.2, 0.25) is 0 Å². The van der Waals surface area contributed by atoms with Gasteiger partial charge in [0.15, 0.2) is 0 Å². The summed E-state index contributed by atoms with van der Waals surface area (Å²) in [7, 11) is 0. The highest BCUT2D eigenvalue weighted by molar-refractivity contribution is 7.21. The zero-order chi connectivity index (χ0) is 9.97. The van der Waals surface area contributed by atoms with Gasteiger partial charge in [0.25, 0.3) is 0 Å². The minimum Gasteiger partial charge on any atom is -0.328 e. The Hall–Kier alpha value is -0.640. The number of hydrogen-bond acceptors (Lipinski definition) is 3. The van der Waals surface area contributed by atoms with E-state index in [1.807, 2.05) is 18.3 Å². The lowest BCUT2D eigenvalue weighted by Crippen LogP contribution is -2.16. The van der Waals surface area contributed by atoms with Crippen LogP contribution in [0.5, 0.6) is 0 Å². The van der Waals surface area contributed by atoms with E-state index in [2.05, 4.69) is 29.6 Å². The van der Waals surface area contributed by atoms with Crippen LogP contribution in [0.1, 0.15) is 11.8 Å². The van der Waals surface area contributed by atoms with Crippen molar-refractivity contribution in [2.75, 3.05) is 0 Å². The van der Waals surface area contributed by atoms with Gasteiger partial charge in [-0.3, -0.25) is 0 Å². The zero-order valence-electron chi connectivity index (χ0n) is 8.07. The molecule has 0 aliphatic carbocycles. The second-order valence-corrected chi connectivity index (χ2v) is 5.54. The standard InChI is InChI=1S/C11H13NS2/c1-8(12)7-9-4-5-11(14-9)10-3-2-6-13-10/h2-6,8H,7,12H2,1H3/t8-/m1/s1. The summed E-state index contributed by atoms with van der Waals surface area (Å²) in [5.41, 5.74) is 5.76. The molecule has 14 heavy (non-hydrogen) atoms. The van der Waals surface area contributed by atoms with E-state index < -0.39 is 0 Å². The molecular weight excluding hydrogens is 210 g/mol. The van der Waals surface area contributed by atoms with Crippen molar-refractivity contribution in [3.05, 3.63) is 34.5 Å². The maximum Gasteiger partial charge on any atom is 0.0445 e. The summed E-state index contributed by atoms with van der Waals surface area (Å²) in [5.74, 6) is 0. The smallest absolute Gasteiger partial charge is 0.0445 e. The van der Waals surface area contributed by atoms with Crippen molar-refractivity contribution < 1.29 is 0 Å². The molecule has 0 aliphatic rings. The molecule has 74 valence electrons. The van der Waals surface area contributed by atoms with E-state index in [9.17, 15) is 0 Å². The average Bonchev–Trinajstić information content (AvgIpc) is 2.69. The predicted molar refractivity (Wildman–Crippen MR) is 65.0 cm³/mol. The lowest BCUT2D eigenvalue weighted by molar-refractivity contribution is 0.746. The molecule has 0 saturated carbocycles. The van der Waals surface area contributed by atoms with Crippen LogP contribution in [0.2, 0.25) is 0 Å². The van der Waals surface area contributed by atoms with Gasteiger partial charge in [0, 0.05) is 20.7 Å². The summed E-state index contributed by atoms with van der Waals surface area (Å²) >= 11 is 3.64. The third-order valence-electron chi connectivity index (χ3n) is 1.95. The topological polar surface area (TPSA) is 26.0 Å². The minimum atomic E-state index is 0.254.